The van der Waals surface area contributed by atoms with Crippen LogP contribution in [0.25, 0.3) is 0 Å². The summed E-state index contributed by atoms with van der Waals surface area (Å²) in [7, 11) is 0. The summed E-state index contributed by atoms with van der Waals surface area (Å²) < 4.78 is 6.33. The van der Waals surface area contributed by atoms with Crippen LogP contribution in [0.2, 0.25) is 0 Å². The highest BCUT2D eigenvalue weighted by molar-refractivity contribution is 9.11. The van der Waals surface area contributed by atoms with Gasteiger partial charge in [-0.1, -0.05) is 28.1 Å². The minimum Gasteiger partial charge on any atom is -0.452 e. The second-order valence-electron chi connectivity index (χ2n) is 3.63. The minimum absolute atomic E-state index is 0.150. The van der Waals surface area contributed by atoms with E-state index in [9.17, 15) is 4.79 Å². The van der Waals surface area contributed by atoms with Crippen molar-refractivity contribution in [2.24, 2.45) is 0 Å². The SMILES string of the molecule is O=C(O[C@H]1CCCC=C1Br)c1ccccn1. The van der Waals surface area contributed by atoms with Gasteiger partial charge in [-0.15, -0.1) is 0 Å². The Balaban J connectivity index is 2.03. The normalized spacial score (nSPS) is 20.1. The van der Waals surface area contributed by atoms with Gasteiger partial charge in [-0.2, -0.15) is 0 Å². The highest BCUT2D eigenvalue weighted by Gasteiger charge is 2.21. The zero-order valence-electron chi connectivity index (χ0n) is 8.73. The van der Waals surface area contributed by atoms with Gasteiger partial charge in [0.1, 0.15) is 11.8 Å². The summed E-state index contributed by atoms with van der Waals surface area (Å²) in [4.78, 5) is 15.7. The fraction of sp³-hybridized carbons (Fsp3) is 0.333. The van der Waals surface area contributed by atoms with Crippen LogP contribution < -0.4 is 0 Å². The molecular weight excluding hydrogens is 270 g/mol. The molecule has 1 atom stereocenters. The first kappa shape index (κ1) is 11.3. The number of aromatic nitrogens is 1. The van der Waals surface area contributed by atoms with Crippen molar-refractivity contribution in [1.29, 1.82) is 0 Å². The fourth-order valence-corrected chi connectivity index (χ4v) is 2.15. The van der Waals surface area contributed by atoms with Crippen LogP contribution in [0.1, 0.15) is 29.8 Å². The molecular formula is C12H12BrNO2. The predicted octanol–water partition coefficient (Wildman–Crippen LogP) is 3.07. The summed E-state index contributed by atoms with van der Waals surface area (Å²) >= 11 is 3.42. The lowest BCUT2D eigenvalue weighted by Gasteiger charge is -2.20. The third kappa shape index (κ3) is 2.70. The van der Waals surface area contributed by atoms with Crippen molar-refractivity contribution in [3.05, 3.63) is 40.6 Å². The number of pyridine rings is 1. The van der Waals surface area contributed by atoms with E-state index in [4.69, 9.17) is 4.74 Å². The van der Waals surface area contributed by atoms with Gasteiger partial charge in [0.2, 0.25) is 0 Å². The molecule has 1 aliphatic carbocycles. The maximum Gasteiger partial charge on any atom is 0.357 e. The van der Waals surface area contributed by atoms with E-state index in [1.807, 2.05) is 0 Å². The third-order valence-electron chi connectivity index (χ3n) is 2.44. The fourth-order valence-electron chi connectivity index (χ4n) is 1.60. The number of hydrogen-bond donors (Lipinski definition) is 0. The standard InChI is InChI=1S/C12H12BrNO2/c13-9-5-1-2-7-11(9)16-12(15)10-6-3-4-8-14-10/h3-6,8,11H,1-2,7H2/t11-/m0/s1. The molecule has 1 aromatic heterocycles. The van der Waals surface area contributed by atoms with Crippen molar-refractivity contribution in [3.8, 4) is 0 Å². The van der Waals surface area contributed by atoms with E-state index in [1.165, 1.54) is 0 Å². The third-order valence-corrected chi connectivity index (χ3v) is 3.28. The summed E-state index contributed by atoms with van der Waals surface area (Å²) in [5.74, 6) is -0.363. The van der Waals surface area contributed by atoms with Gasteiger partial charge in [0.25, 0.3) is 0 Å². The van der Waals surface area contributed by atoms with Gasteiger partial charge in [0.15, 0.2) is 0 Å². The van der Waals surface area contributed by atoms with E-state index >= 15 is 0 Å². The van der Waals surface area contributed by atoms with Crippen molar-refractivity contribution in [2.75, 3.05) is 0 Å². The van der Waals surface area contributed by atoms with E-state index in [-0.39, 0.29) is 12.1 Å². The van der Waals surface area contributed by atoms with Gasteiger partial charge in [0.05, 0.1) is 0 Å². The number of nitrogens with zero attached hydrogens (tertiary/aromatic N) is 1. The van der Waals surface area contributed by atoms with Crippen LogP contribution >= 0.6 is 15.9 Å². The van der Waals surface area contributed by atoms with Gasteiger partial charge >= 0.3 is 5.97 Å². The Kier molecular flexibility index (Phi) is 3.72. The average molecular weight is 282 g/mol. The summed E-state index contributed by atoms with van der Waals surface area (Å²) in [6.45, 7) is 0. The first-order chi connectivity index (χ1) is 7.77. The highest BCUT2D eigenvalue weighted by atomic mass is 79.9. The molecule has 0 amide bonds. The highest BCUT2D eigenvalue weighted by Crippen LogP contribution is 2.26. The largest absolute Gasteiger partial charge is 0.452 e. The quantitative estimate of drug-likeness (QED) is 0.782. The molecule has 1 aromatic rings. The molecule has 0 spiro atoms. The Hall–Kier alpha value is -1.16. The summed E-state index contributed by atoms with van der Waals surface area (Å²) in [5.41, 5.74) is 0.355. The van der Waals surface area contributed by atoms with Gasteiger partial charge in [-0.25, -0.2) is 9.78 Å². The molecule has 0 bridgehead atoms. The molecule has 1 aliphatic rings. The van der Waals surface area contributed by atoms with Crippen LogP contribution in [0.4, 0.5) is 0 Å². The number of rotatable bonds is 2. The molecule has 84 valence electrons. The summed E-state index contributed by atoms with van der Waals surface area (Å²) in [5, 5.41) is 0. The number of carbonyl (C=O) groups is 1. The number of halogens is 1. The van der Waals surface area contributed by atoms with Crippen molar-refractivity contribution < 1.29 is 9.53 Å². The van der Waals surface area contributed by atoms with E-state index in [1.54, 1.807) is 24.4 Å². The van der Waals surface area contributed by atoms with Crippen molar-refractivity contribution in [1.82, 2.24) is 4.98 Å². The van der Waals surface area contributed by atoms with E-state index < -0.39 is 0 Å². The van der Waals surface area contributed by atoms with Crippen LogP contribution in [-0.4, -0.2) is 17.1 Å². The van der Waals surface area contributed by atoms with Crippen LogP contribution in [0.5, 0.6) is 0 Å². The topological polar surface area (TPSA) is 39.2 Å². The molecule has 0 saturated heterocycles. The number of hydrogen-bond acceptors (Lipinski definition) is 3. The van der Waals surface area contributed by atoms with Crippen LogP contribution in [-0.2, 0) is 4.74 Å². The maximum absolute atomic E-state index is 11.7. The number of esters is 1. The first-order valence-corrected chi connectivity index (χ1v) is 6.04. The van der Waals surface area contributed by atoms with E-state index in [2.05, 4.69) is 27.0 Å². The Morgan fingerprint density at radius 3 is 3.06 bits per heavy atom. The van der Waals surface area contributed by atoms with Gasteiger partial charge in [0, 0.05) is 10.7 Å². The van der Waals surface area contributed by atoms with Gasteiger partial charge in [-0.3, -0.25) is 0 Å². The van der Waals surface area contributed by atoms with E-state index in [0.29, 0.717) is 5.69 Å². The van der Waals surface area contributed by atoms with E-state index in [0.717, 1.165) is 23.7 Å². The first-order valence-electron chi connectivity index (χ1n) is 5.25. The molecule has 16 heavy (non-hydrogen) atoms. The number of carbonyl (C=O) groups excluding carboxylic acids is 1. The smallest absolute Gasteiger partial charge is 0.357 e. The molecule has 3 nitrogen and oxygen atoms in total. The maximum atomic E-state index is 11.7. The molecule has 2 rings (SSSR count). The van der Waals surface area contributed by atoms with Crippen molar-refractivity contribution >= 4 is 21.9 Å². The summed E-state index contributed by atoms with van der Waals surface area (Å²) in [6, 6.07) is 5.20. The Labute approximate surface area is 103 Å². The van der Waals surface area contributed by atoms with Crippen molar-refractivity contribution in [2.45, 2.75) is 25.4 Å². The van der Waals surface area contributed by atoms with Crippen LogP contribution in [0, 0.1) is 0 Å². The second kappa shape index (κ2) is 5.25. The molecule has 0 unspecified atom stereocenters. The monoisotopic (exact) mass is 281 g/mol. The van der Waals surface area contributed by atoms with Crippen molar-refractivity contribution in [3.63, 3.8) is 0 Å². The zero-order chi connectivity index (χ0) is 11.4. The molecule has 1 heterocycles. The van der Waals surface area contributed by atoms with Crippen LogP contribution in [0.3, 0.4) is 0 Å². The molecule has 0 aromatic carbocycles. The lowest BCUT2D eigenvalue weighted by atomic mass is 10.1. The molecule has 0 N–H and O–H groups in total. The lowest BCUT2D eigenvalue weighted by molar-refractivity contribution is 0.0357. The number of ether oxygens (including phenoxy) is 1. The predicted molar refractivity (Wildman–Crippen MR) is 64.3 cm³/mol. The van der Waals surface area contributed by atoms with Crippen LogP contribution in [0.15, 0.2) is 35.0 Å². The Morgan fingerprint density at radius 1 is 1.50 bits per heavy atom. The minimum atomic E-state index is -0.363. The zero-order valence-corrected chi connectivity index (χ0v) is 10.3. The molecule has 0 radical (unpaired) electrons. The van der Waals surface area contributed by atoms with Gasteiger partial charge in [-0.05, 0) is 31.4 Å². The number of allylic oxidation sites excluding steroid dienone is 1. The second-order valence-corrected chi connectivity index (χ2v) is 4.54. The van der Waals surface area contributed by atoms with Gasteiger partial charge < -0.3 is 4.74 Å². The average Bonchev–Trinajstić information content (AvgIpc) is 2.33. The molecule has 0 aliphatic heterocycles. The molecule has 4 heteroatoms. The summed E-state index contributed by atoms with van der Waals surface area (Å²) in [6.07, 6.45) is 6.45. The molecule has 0 fully saturated rings. The Morgan fingerprint density at radius 2 is 2.38 bits per heavy atom. The lowest BCUT2D eigenvalue weighted by Crippen LogP contribution is -2.21. The Bertz CT molecular complexity index is 403. The molecule has 0 saturated carbocycles.